The maximum atomic E-state index is 13.5. The molecule has 0 amide bonds. The monoisotopic (exact) mass is 315 g/mol. The molecular formula is C11H10ClF4NO3. The summed E-state index contributed by atoms with van der Waals surface area (Å²) in [5.41, 5.74) is -0.773. The second-order valence-electron chi connectivity index (χ2n) is 3.55. The number of halogens is 5. The van der Waals surface area contributed by atoms with Gasteiger partial charge in [-0.05, 0) is 13.0 Å². The van der Waals surface area contributed by atoms with E-state index in [0.717, 1.165) is 6.07 Å². The number of ether oxygens (including phenoxy) is 2. The van der Waals surface area contributed by atoms with Gasteiger partial charge in [0.1, 0.15) is 5.69 Å². The van der Waals surface area contributed by atoms with Gasteiger partial charge in [-0.1, -0.05) is 0 Å². The minimum absolute atomic E-state index is 0.0690. The number of rotatable bonds is 5. The molecule has 0 saturated carbocycles. The first-order valence-electron chi connectivity index (χ1n) is 5.42. The summed E-state index contributed by atoms with van der Waals surface area (Å²) >= 11 is 5.37. The molecular weight excluding hydrogens is 306 g/mol. The molecule has 0 aromatic carbocycles. The minimum atomic E-state index is -4.97. The highest BCUT2D eigenvalue weighted by Gasteiger charge is 2.33. The Balaban J connectivity index is 3.07. The fourth-order valence-electron chi connectivity index (χ4n) is 1.35. The predicted molar refractivity (Wildman–Crippen MR) is 60.8 cm³/mol. The Hall–Kier alpha value is -1.57. The second kappa shape index (κ2) is 6.74. The van der Waals surface area contributed by atoms with E-state index in [1.165, 1.54) is 0 Å². The van der Waals surface area contributed by atoms with Gasteiger partial charge >= 0.3 is 12.3 Å². The number of nitrogens with zero attached hydrogens (tertiary/aromatic N) is 1. The second-order valence-corrected chi connectivity index (χ2v) is 3.81. The van der Waals surface area contributed by atoms with Crippen LogP contribution in [-0.2, 0) is 21.8 Å². The van der Waals surface area contributed by atoms with E-state index in [0.29, 0.717) is 0 Å². The van der Waals surface area contributed by atoms with Crippen molar-refractivity contribution in [3.05, 3.63) is 23.3 Å². The van der Waals surface area contributed by atoms with Gasteiger partial charge in [-0.3, -0.25) is 4.79 Å². The number of aromatic nitrogens is 1. The van der Waals surface area contributed by atoms with Crippen LogP contribution in [0, 0.1) is 5.95 Å². The van der Waals surface area contributed by atoms with Crippen LogP contribution in [0.5, 0.6) is 5.75 Å². The molecule has 0 atom stereocenters. The summed E-state index contributed by atoms with van der Waals surface area (Å²) in [4.78, 5) is 14.5. The van der Waals surface area contributed by atoms with Crippen LogP contribution in [-0.4, -0.2) is 23.9 Å². The molecule has 9 heteroatoms. The highest BCUT2D eigenvalue weighted by atomic mass is 35.5. The fraction of sp³-hybridized carbons (Fsp3) is 0.455. The Morgan fingerprint density at radius 1 is 1.45 bits per heavy atom. The van der Waals surface area contributed by atoms with Gasteiger partial charge in [0.2, 0.25) is 5.95 Å². The largest absolute Gasteiger partial charge is 0.573 e. The van der Waals surface area contributed by atoms with E-state index in [-0.39, 0.29) is 12.2 Å². The number of carbonyl (C=O) groups is 1. The predicted octanol–water partition coefficient (Wildman–Crippen LogP) is 2.96. The van der Waals surface area contributed by atoms with Gasteiger partial charge < -0.3 is 9.47 Å². The van der Waals surface area contributed by atoms with E-state index < -0.39 is 42.0 Å². The molecule has 0 aliphatic heterocycles. The van der Waals surface area contributed by atoms with E-state index in [1.807, 2.05) is 0 Å². The molecule has 20 heavy (non-hydrogen) atoms. The van der Waals surface area contributed by atoms with E-state index >= 15 is 0 Å². The zero-order chi connectivity index (χ0) is 15.3. The van der Waals surface area contributed by atoms with E-state index in [1.54, 1.807) is 6.92 Å². The van der Waals surface area contributed by atoms with Crippen molar-refractivity contribution in [1.82, 2.24) is 4.98 Å². The lowest BCUT2D eigenvalue weighted by atomic mass is 10.2. The number of esters is 1. The number of hydrogen-bond acceptors (Lipinski definition) is 4. The van der Waals surface area contributed by atoms with Crippen molar-refractivity contribution in [3.8, 4) is 5.75 Å². The summed E-state index contributed by atoms with van der Waals surface area (Å²) in [7, 11) is 0. The lowest BCUT2D eigenvalue weighted by molar-refractivity contribution is -0.275. The molecule has 1 rings (SSSR count). The molecule has 0 fully saturated rings. The van der Waals surface area contributed by atoms with E-state index in [9.17, 15) is 22.4 Å². The van der Waals surface area contributed by atoms with Crippen molar-refractivity contribution in [2.75, 3.05) is 6.61 Å². The molecule has 4 nitrogen and oxygen atoms in total. The lowest BCUT2D eigenvalue weighted by Crippen LogP contribution is -2.19. The zero-order valence-corrected chi connectivity index (χ0v) is 11.0. The van der Waals surface area contributed by atoms with Crippen molar-refractivity contribution < 1.29 is 31.8 Å². The van der Waals surface area contributed by atoms with Gasteiger partial charge in [0.25, 0.3) is 0 Å². The Morgan fingerprint density at radius 3 is 2.60 bits per heavy atom. The number of carbonyl (C=O) groups excluding carboxylic acids is 1. The first-order valence-corrected chi connectivity index (χ1v) is 5.96. The van der Waals surface area contributed by atoms with Gasteiger partial charge in [-0.2, -0.15) is 4.39 Å². The number of alkyl halides is 4. The van der Waals surface area contributed by atoms with Gasteiger partial charge in [0, 0.05) is 5.56 Å². The zero-order valence-electron chi connectivity index (χ0n) is 10.3. The quantitative estimate of drug-likeness (QED) is 0.363. The van der Waals surface area contributed by atoms with Crippen LogP contribution in [0.25, 0.3) is 0 Å². The van der Waals surface area contributed by atoms with E-state index in [2.05, 4.69) is 14.5 Å². The Kier molecular flexibility index (Phi) is 5.55. The van der Waals surface area contributed by atoms with Crippen molar-refractivity contribution in [1.29, 1.82) is 0 Å². The van der Waals surface area contributed by atoms with Crippen LogP contribution in [0.3, 0.4) is 0 Å². The standard InChI is InChI=1S/C11H10ClF4NO3/c1-2-19-9(18)4-6-3-8(20-11(14,15)16)7(5-12)17-10(6)13/h3H,2,4-5H2,1H3. The lowest BCUT2D eigenvalue weighted by Gasteiger charge is -2.13. The summed E-state index contributed by atoms with van der Waals surface area (Å²) in [6.45, 7) is 1.61. The highest BCUT2D eigenvalue weighted by Crippen LogP contribution is 2.28. The normalized spacial score (nSPS) is 11.3. The molecule has 0 unspecified atom stereocenters. The molecule has 0 bridgehead atoms. The van der Waals surface area contributed by atoms with Crippen LogP contribution < -0.4 is 4.74 Å². The number of hydrogen-bond donors (Lipinski definition) is 0. The molecule has 0 radical (unpaired) electrons. The Morgan fingerprint density at radius 2 is 2.10 bits per heavy atom. The molecule has 1 aromatic heterocycles. The molecule has 0 saturated heterocycles. The van der Waals surface area contributed by atoms with Gasteiger partial charge in [-0.15, -0.1) is 24.8 Å². The molecule has 0 N–H and O–H groups in total. The minimum Gasteiger partial charge on any atom is -0.466 e. The summed E-state index contributed by atoms with van der Waals surface area (Å²) in [5, 5.41) is 0. The first kappa shape index (κ1) is 16.5. The van der Waals surface area contributed by atoms with Crippen molar-refractivity contribution in [2.24, 2.45) is 0 Å². The summed E-state index contributed by atoms with van der Waals surface area (Å²) in [6, 6.07) is 0.741. The fourth-order valence-corrected chi connectivity index (χ4v) is 1.54. The third-order valence-corrected chi connectivity index (χ3v) is 2.33. The maximum absolute atomic E-state index is 13.5. The summed E-state index contributed by atoms with van der Waals surface area (Å²) < 4.78 is 58.4. The van der Waals surface area contributed by atoms with Crippen LogP contribution >= 0.6 is 11.6 Å². The van der Waals surface area contributed by atoms with E-state index in [4.69, 9.17) is 11.6 Å². The third kappa shape index (κ3) is 4.84. The highest BCUT2D eigenvalue weighted by molar-refractivity contribution is 6.17. The Bertz CT molecular complexity index is 493. The summed E-state index contributed by atoms with van der Waals surface area (Å²) in [5.74, 6) is -3.09. The molecule has 0 aliphatic rings. The molecule has 112 valence electrons. The Labute approximate surface area is 116 Å². The molecule has 0 spiro atoms. The van der Waals surface area contributed by atoms with Crippen LogP contribution in [0.2, 0.25) is 0 Å². The van der Waals surface area contributed by atoms with Gasteiger partial charge in [0.05, 0.1) is 18.9 Å². The van der Waals surface area contributed by atoms with Crippen LogP contribution in [0.1, 0.15) is 18.2 Å². The average Bonchev–Trinajstić information content (AvgIpc) is 2.31. The maximum Gasteiger partial charge on any atom is 0.573 e. The summed E-state index contributed by atoms with van der Waals surface area (Å²) in [6.07, 6.45) is -5.52. The topological polar surface area (TPSA) is 48.4 Å². The van der Waals surface area contributed by atoms with Crippen LogP contribution in [0.4, 0.5) is 17.6 Å². The number of pyridine rings is 1. The molecule has 1 aromatic rings. The van der Waals surface area contributed by atoms with Crippen molar-refractivity contribution >= 4 is 17.6 Å². The smallest absolute Gasteiger partial charge is 0.466 e. The van der Waals surface area contributed by atoms with Crippen molar-refractivity contribution in [2.45, 2.75) is 25.6 Å². The van der Waals surface area contributed by atoms with Crippen molar-refractivity contribution in [3.63, 3.8) is 0 Å². The van der Waals surface area contributed by atoms with Gasteiger partial charge in [-0.25, -0.2) is 4.98 Å². The van der Waals surface area contributed by atoms with Gasteiger partial charge in [0.15, 0.2) is 5.75 Å². The first-order chi connectivity index (χ1) is 9.26. The SMILES string of the molecule is CCOC(=O)Cc1cc(OC(F)(F)F)c(CCl)nc1F. The van der Waals surface area contributed by atoms with Crippen LogP contribution in [0.15, 0.2) is 6.07 Å². The molecule has 0 aliphatic carbocycles. The third-order valence-electron chi connectivity index (χ3n) is 2.08. The average molecular weight is 316 g/mol. The molecule has 1 heterocycles.